The summed E-state index contributed by atoms with van der Waals surface area (Å²) in [6.45, 7) is 0. The molecule has 0 aliphatic heterocycles. The Morgan fingerprint density at radius 1 is 1.14 bits per heavy atom. The molecule has 2 aliphatic rings. The van der Waals surface area contributed by atoms with Gasteiger partial charge in [0.25, 0.3) is 0 Å². The zero-order valence-corrected chi connectivity index (χ0v) is 8.67. The van der Waals surface area contributed by atoms with Crippen molar-refractivity contribution in [3.63, 3.8) is 0 Å². The van der Waals surface area contributed by atoms with E-state index in [-0.39, 0.29) is 5.78 Å². The van der Waals surface area contributed by atoms with Crippen LogP contribution in [0.3, 0.4) is 0 Å². The van der Waals surface area contributed by atoms with E-state index in [1.54, 1.807) is 6.08 Å². The minimum atomic E-state index is 0.201. The molecule has 76 valence electrons. The summed E-state index contributed by atoms with van der Waals surface area (Å²) in [5, 5.41) is 0. The van der Waals surface area contributed by atoms with E-state index in [0.717, 1.165) is 12.8 Å². The molecule has 0 spiro atoms. The summed E-state index contributed by atoms with van der Waals surface area (Å²) in [6, 6.07) is 0. The Morgan fingerprint density at radius 2 is 2.07 bits per heavy atom. The molecule has 1 nitrogen and oxygen atoms in total. The maximum atomic E-state index is 11.4. The number of fused-ring (bicyclic) bond motifs is 1. The lowest BCUT2D eigenvalue weighted by atomic mass is 9.87. The van der Waals surface area contributed by atoms with Gasteiger partial charge in [-0.3, -0.25) is 4.79 Å². The quantitative estimate of drug-likeness (QED) is 0.572. The highest BCUT2D eigenvalue weighted by atomic mass is 16.1. The summed E-state index contributed by atoms with van der Waals surface area (Å²) >= 11 is 0. The molecule has 2 rings (SSSR count). The van der Waals surface area contributed by atoms with Gasteiger partial charge in [-0.2, -0.15) is 0 Å². The summed E-state index contributed by atoms with van der Waals surface area (Å²) in [5.74, 6) is 0.901. The van der Waals surface area contributed by atoms with Crippen molar-refractivity contribution in [2.24, 2.45) is 5.92 Å². The van der Waals surface area contributed by atoms with E-state index in [9.17, 15) is 4.79 Å². The number of hydrogen-bond acceptors (Lipinski definition) is 1. The first-order valence-corrected chi connectivity index (χ1v) is 5.77. The van der Waals surface area contributed by atoms with Gasteiger partial charge in [-0.25, -0.2) is 0 Å². The van der Waals surface area contributed by atoms with Crippen LogP contribution in [0.15, 0.2) is 23.8 Å². The van der Waals surface area contributed by atoms with Gasteiger partial charge in [-0.05, 0) is 50.2 Å². The Labute approximate surface area is 85.9 Å². The van der Waals surface area contributed by atoms with E-state index in [1.807, 2.05) is 12.2 Å². The average Bonchev–Trinajstić information content (AvgIpc) is 2.35. The summed E-state index contributed by atoms with van der Waals surface area (Å²) < 4.78 is 0. The normalized spacial score (nSPS) is 34.4. The van der Waals surface area contributed by atoms with Crippen LogP contribution in [0.5, 0.6) is 0 Å². The highest BCUT2D eigenvalue weighted by molar-refractivity contribution is 5.99. The fraction of sp³-hybridized carbons (Fsp3) is 0.615. The lowest BCUT2D eigenvalue weighted by Gasteiger charge is -2.17. The second-order valence-electron chi connectivity index (χ2n) is 4.40. The third-order valence-corrected chi connectivity index (χ3v) is 3.33. The third kappa shape index (κ3) is 2.34. The second-order valence-corrected chi connectivity index (χ2v) is 4.40. The molecule has 0 saturated heterocycles. The molecule has 2 aliphatic carbocycles. The highest BCUT2D eigenvalue weighted by Crippen LogP contribution is 2.32. The predicted molar refractivity (Wildman–Crippen MR) is 58.0 cm³/mol. The molecule has 0 bridgehead atoms. The zero-order chi connectivity index (χ0) is 9.80. The monoisotopic (exact) mass is 190 g/mol. The van der Waals surface area contributed by atoms with Gasteiger partial charge in [0.2, 0.25) is 0 Å². The molecule has 1 fully saturated rings. The maximum Gasteiger partial charge on any atom is 0.178 e. The smallest absolute Gasteiger partial charge is 0.178 e. The average molecular weight is 190 g/mol. The number of rotatable bonds is 0. The lowest BCUT2D eigenvalue weighted by Crippen LogP contribution is -2.06. The van der Waals surface area contributed by atoms with Crippen molar-refractivity contribution in [2.75, 3.05) is 0 Å². The van der Waals surface area contributed by atoms with Gasteiger partial charge in [0.05, 0.1) is 0 Å². The molecule has 1 atom stereocenters. The fourth-order valence-corrected chi connectivity index (χ4v) is 2.53. The van der Waals surface area contributed by atoms with E-state index < -0.39 is 0 Å². The summed E-state index contributed by atoms with van der Waals surface area (Å²) in [4.78, 5) is 11.4. The fourth-order valence-electron chi connectivity index (χ4n) is 2.53. The molecular weight excluding hydrogens is 172 g/mol. The van der Waals surface area contributed by atoms with Crippen molar-refractivity contribution in [3.05, 3.63) is 23.8 Å². The molecular formula is C13H18O. The van der Waals surface area contributed by atoms with E-state index in [0.29, 0.717) is 5.92 Å². The summed E-state index contributed by atoms with van der Waals surface area (Å²) in [6.07, 6.45) is 14.4. The first-order valence-electron chi connectivity index (χ1n) is 5.77. The van der Waals surface area contributed by atoms with Crippen LogP contribution in [0.4, 0.5) is 0 Å². The van der Waals surface area contributed by atoms with E-state index >= 15 is 0 Å². The molecule has 1 heteroatoms. The van der Waals surface area contributed by atoms with Crippen molar-refractivity contribution in [1.82, 2.24) is 0 Å². The van der Waals surface area contributed by atoms with Crippen molar-refractivity contribution in [3.8, 4) is 0 Å². The Kier molecular flexibility index (Phi) is 3.18. The Hall–Kier alpha value is -0.850. The van der Waals surface area contributed by atoms with Crippen LogP contribution in [-0.4, -0.2) is 5.78 Å². The number of allylic oxidation sites excluding steroid dienone is 4. The second kappa shape index (κ2) is 4.59. The van der Waals surface area contributed by atoms with Crippen molar-refractivity contribution >= 4 is 5.78 Å². The minimum Gasteiger partial charge on any atom is -0.290 e. The molecule has 1 saturated carbocycles. The zero-order valence-electron chi connectivity index (χ0n) is 8.67. The highest BCUT2D eigenvalue weighted by Gasteiger charge is 2.18. The van der Waals surface area contributed by atoms with Crippen LogP contribution in [0.25, 0.3) is 0 Å². The first-order chi connectivity index (χ1) is 6.86. The van der Waals surface area contributed by atoms with Gasteiger partial charge in [0.15, 0.2) is 5.78 Å². The van der Waals surface area contributed by atoms with Crippen molar-refractivity contribution in [1.29, 1.82) is 0 Å². The van der Waals surface area contributed by atoms with E-state index in [2.05, 4.69) is 0 Å². The largest absolute Gasteiger partial charge is 0.290 e. The molecule has 0 amide bonds. The number of carbonyl (C=O) groups is 1. The van der Waals surface area contributed by atoms with Crippen molar-refractivity contribution in [2.45, 2.75) is 44.9 Å². The standard InChI is InChI=1S/C13H18O/c14-13-9-5-4-7-11-6-2-1-3-8-12(11)10-13/h5,9-11H,1-4,6-8H2/b9-5-,12-10-. The number of hydrogen-bond donors (Lipinski definition) is 0. The van der Waals surface area contributed by atoms with Gasteiger partial charge in [-0.15, -0.1) is 0 Å². The van der Waals surface area contributed by atoms with Crippen LogP contribution in [0.1, 0.15) is 44.9 Å². The molecule has 0 aromatic heterocycles. The predicted octanol–water partition coefficient (Wildman–Crippen LogP) is 3.41. The molecule has 0 aromatic rings. The van der Waals surface area contributed by atoms with Crippen LogP contribution < -0.4 is 0 Å². The number of ketones is 1. The van der Waals surface area contributed by atoms with Crippen LogP contribution in [0, 0.1) is 5.92 Å². The van der Waals surface area contributed by atoms with E-state index in [4.69, 9.17) is 0 Å². The number of carbonyl (C=O) groups excluding carboxylic acids is 1. The first kappa shape index (κ1) is 9.70. The minimum absolute atomic E-state index is 0.201. The van der Waals surface area contributed by atoms with E-state index in [1.165, 1.54) is 37.7 Å². The lowest BCUT2D eigenvalue weighted by molar-refractivity contribution is -0.110. The van der Waals surface area contributed by atoms with Gasteiger partial charge in [0, 0.05) is 0 Å². The van der Waals surface area contributed by atoms with Crippen LogP contribution >= 0.6 is 0 Å². The Balaban J connectivity index is 2.18. The van der Waals surface area contributed by atoms with Crippen LogP contribution in [-0.2, 0) is 4.79 Å². The molecule has 0 aromatic carbocycles. The van der Waals surface area contributed by atoms with Crippen LogP contribution in [0.2, 0.25) is 0 Å². The molecule has 0 heterocycles. The van der Waals surface area contributed by atoms with Gasteiger partial charge < -0.3 is 0 Å². The third-order valence-electron chi connectivity index (χ3n) is 3.33. The SMILES string of the molecule is O=C1/C=C\CCC2CCCCC/C2=C/1. The van der Waals surface area contributed by atoms with Gasteiger partial charge in [0.1, 0.15) is 0 Å². The molecule has 0 radical (unpaired) electrons. The maximum absolute atomic E-state index is 11.4. The topological polar surface area (TPSA) is 17.1 Å². The Morgan fingerprint density at radius 3 is 3.00 bits per heavy atom. The van der Waals surface area contributed by atoms with Crippen molar-refractivity contribution < 1.29 is 4.79 Å². The summed E-state index contributed by atoms with van der Waals surface area (Å²) in [7, 11) is 0. The Bertz CT molecular complexity index is 273. The molecule has 1 unspecified atom stereocenters. The van der Waals surface area contributed by atoms with Gasteiger partial charge in [-0.1, -0.05) is 24.5 Å². The molecule has 0 N–H and O–H groups in total. The summed E-state index contributed by atoms with van der Waals surface area (Å²) in [5.41, 5.74) is 1.43. The molecule has 14 heavy (non-hydrogen) atoms. The van der Waals surface area contributed by atoms with Gasteiger partial charge >= 0.3 is 0 Å².